The number of nitrogens with zero attached hydrogens (tertiary/aromatic N) is 2. The molecule has 1 aliphatic heterocycles. The van der Waals surface area contributed by atoms with Gasteiger partial charge in [-0.2, -0.15) is 0 Å². The third-order valence-corrected chi connectivity index (χ3v) is 5.70. The van der Waals surface area contributed by atoms with Gasteiger partial charge >= 0.3 is 5.97 Å². The average molecular weight is 435 g/mol. The Hall–Kier alpha value is -2.12. The van der Waals surface area contributed by atoms with Crippen LogP contribution >= 0.6 is 15.9 Å². The van der Waals surface area contributed by atoms with Crippen molar-refractivity contribution in [2.75, 3.05) is 27.3 Å². The largest absolute Gasteiger partial charge is 0.493 e. The van der Waals surface area contributed by atoms with Gasteiger partial charge in [-0.15, -0.1) is 0 Å². The normalized spacial score (nSPS) is 16.7. The first-order valence-electron chi connectivity index (χ1n) is 8.84. The van der Waals surface area contributed by atoms with Gasteiger partial charge in [0.2, 0.25) is 0 Å². The zero-order valence-corrected chi connectivity index (χ0v) is 17.0. The molecular formula is C20H23BrN2O4. The van der Waals surface area contributed by atoms with Crippen LogP contribution in [0.3, 0.4) is 0 Å². The first-order valence-corrected chi connectivity index (χ1v) is 9.63. The van der Waals surface area contributed by atoms with Crippen LogP contribution in [0.4, 0.5) is 0 Å². The van der Waals surface area contributed by atoms with Crippen molar-refractivity contribution in [3.63, 3.8) is 0 Å². The zero-order chi connectivity index (χ0) is 19.4. The van der Waals surface area contributed by atoms with Crippen LogP contribution in [0.2, 0.25) is 0 Å². The highest BCUT2D eigenvalue weighted by molar-refractivity contribution is 9.10. The number of carboxylic acids is 1. The Morgan fingerprint density at radius 3 is 2.44 bits per heavy atom. The summed E-state index contributed by atoms with van der Waals surface area (Å²) < 4.78 is 11.8. The standard InChI is InChI=1S/C20H23BrN2O4/c1-26-17-11-14(15(21)12-18(17)27-2)19(16-5-3-4-8-22-16)23-9-6-13(7-10-23)20(24)25/h3-5,8,11-13,19H,6-7,9-10H2,1-2H3,(H,24,25). The Morgan fingerprint density at radius 1 is 1.22 bits per heavy atom. The number of carbonyl (C=O) groups is 1. The molecule has 27 heavy (non-hydrogen) atoms. The smallest absolute Gasteiger partial charge is 0.306 e. The van der Waals surface area contributed by atoms with Crippen LogP contribution in [0.1, 0.15) is 30.1 Å². The fourth-order valence-corrected chi connectivity index (χ4v) is 4.10. The number of ether oxygens (including phenoxy) is 2. The number of halogens is 1. The van der Waals surface area contributed by atoms with Gasteiger partial charge in [0.25, 0.3) is 0 Å². The summed E-state index contributed by atoms with van der Waals surface area (Å²) in [4.78, 5) is 18.2. The number of likely N-dealkylation sites (tertiary alicyclic amines) is 1. The number of carboxylic acid groups (broad SMARTS) is 1. The van der Waals surface area contributed by atoms with Crippen LogP contribution in [-0.4, -0.2) is 48.3 Å². The summed E-state index contributed by atoms with van der Waals surface area (Å²) in [6.07, 6.45) is 3.04. The summed E-state index contributed by atoms with van der Waals surface area (Å²) in [5.74, 6) is 0.311. The maximum Gasteiger partial charge on any atom is 0.306 e. The van der Waals surface area contributed by atoms with Gasteiger partial charge in [-0.05, 0) is 55.8 Å². The molecule has 2 heterocycles. The number of rotatable bonds is 6. The summed E-state index contributed by atoms with van der Waals surface area (Å²) in [7, 11) is 3.22. The second-order valence-corrected chi connectivity index (χ2v) is 7.39. The molecule has 0 radical (unpaired) electrons. The Kier molecular flexibility index (Phi) is 6.34. The van der Waals surface area contributed by atoms with Crippen molar-refractivity contribution in [2.24, 2.45) is 5.92 Å². The monoisotopic (exact) mass is 434 g/mol. The summed E-state index contributed by atoms with van der Waals surface area (Å²) in [6.45, 7) is 1.39. The lowest BCUT2D eigenvalue weighted by Crippen LogP contribution is -2.39. The van der Waals surface area contributed by atoms with Crippen LogP contribution in [0.5, 0.6) is 11.5 Å². The van der Waals surface area contributed by atoms with E-state index >= 15 is 0 Å². The molecule has 1 aliphatic rings. The van der Waals surface area contributed by atoms with E-state index in [9.17, 15) is 9.90 Å². The minimum atomic E-state index is -0.712. The number of pyridine rings is 1. The first kappa shape index (κ1) is 19.6. The van der Waals surface area contributed by atoms with Crippen LogP contribution in [0.25, 0.3) is 0 Å². The van der Waals surface area contributed by atoms with Gasteiger partial charge < -0.3 is 14.6 Å². The highest BCUT2D eigenvalue weighted by atomic mass is 79.9. The third-order valence-electron chi connectivity index (χ3n) is 5.01. The van der Waals surface area contributed by atoms with Crippen molar-refractivity contribution in [1.29, 1.82) is 0 Å². The van der Waals surface area contributed by atoms with E-state index in [1.807, 2.05) is 30.3 Å². The Balaban J connectivity index is 2.01. The predicted molar refractivity (Wildman–Crippen MR) is 105 cm³/mol. The van der Waals surface area contributed by atoms with E-state index in [2.05, 4.69) is 25.8 Å². The van der Waals surface area contributed by atoms with Gasteiger partial charge in [-0.3, -0.25) is 14.7 Å². The van der Waals surface area contributed by atoms with Gasteiger partial charge in [-0.25, -0.2) is 0 Å². The van der Waals surface area contributed by atoms with E-state index in [0.29, 0.717) is 37.4 Å². The van der Waals surface area contributed by atoms with Crippen LogP contribution in [0.15, 0.2) is 41.0 Å². The fourth-order valence-electron chi connectivity index (χ4n) is 3.56. The molecule has 1 aromatic carbocycles. The van der Waals surface area contributed by atoms with Gasteiger partial charge in [0.15, 0.2) is 11.5 Å². The Morgan fingerprint density at radius 2 is 1.89 bits per heavy atom. The molecule has 0 aliphatic carbocycles. The van der Waals surface area contributed by atoms with Gasteiger partial charge in [0.1, 0.15) is 0 Å². The summed E-state index contributed by atoms with van der Waals surface area (Å²) in [6, 6.07) is 9.61. The van der Waals surface area contributed by atoms with Crippen LogP contribution < -0.4 is 9.47 Å². The topological polar surface area (TPSA) is 71.9 Å². The van der Waals surface area contributed by atoms with E-state index in [1.165, 1.54) is 0 Å². The maximum atomic E-state index is 11.3. The number of aliphatic carboxylic acids is 1. The van der Waals surface area contributed by atoms with E-state index in [0.717, 1.165) is 15.7 Å². The fraction of sp³-hybridized carbons (Fsp3) is 0.400. The van der Waals surface area contributed by atoms with Crippen LogP contribution in [-0.2, 0) is 4.79 Å². The van der Waals surface area contributed by atoms with Crippen molar-refractivity contribution in [1.82, 2.24) is 9.88 Å². The molecule has 0 bridgehead atoms. The number of hydrogen-bond acceptors (Lipinski definition) is 5. The molecule has 1 fully saturated rings. The van der Waals surface area contributed by atoms with E-state index in [1.54, 1.807) is 20.4 Å². The summed E-state index contributed by atoms with van der Waals surface area (Å²) in [5.41, 5.74) is 1.93. The maximum absolute atomic E-state index is 11.3. The number of piperidine rings is 1. The minimum absolute atomic E-state index is 0.102. The van der Waals surface area contributed by atoms with Gasteiger partial charge in [0.05, 0.1) is 31.9 Å². The molecule has 1 aromatic heterocycles. The van der Waals surface area contributed by atoms with Gasteiger partial charge in [-0.1, -0.05) is 22.0 Å². The summed E-state index contributed by atoms with van der Waals surface area (Å²) in [5, 5.41) is 9.30. The van der Waals surface area contributed by atoms with Crippen LogP contribution in [0, 0.1) is 5.92 Å². The molecule has 0 spiro atoms. The molecule has 144 valence electrons. The minimum Gasteiger partial charge on any atom is -0.493 e. The molecule has 3 rings (SSSR count). The molecule has 6 nitrogen and oxygen atoms in total. The molecule has 1 N–H and O–H groups in total. The lowest BCUT2D eigenvalue weighted by Gasteiger charge is -2.37. The second-order valence-electron chi connectivity index (χ2n) is 6.53. The zero-order valence-electron chi connectivity index (χ0n) is 15.4. The van der Waals surface area contributed by atoms with Gasteiger partial charge in [0, 0.05) is 10.7 Å². The van der Waals surface area contributed by atoms with E-state index in [4.69, 9.17) is 9.47 Å². The number of benzene rings is 1. The number of hydrogen-bond donors (Lipinski definition) is 1. The Bertz CT molecular complexity index is 792. The number of aromatic nitrogens is 1. The molecule has 7 heteroatoms. The predicted octanol–water partition coefficient (Wildman–Crippen LogP) is 3.75. The lowest BCUT2D eigenvalue weighted by atomic mass is 9.93. The molecule has 0 saturated carbocycles. The lowest BCUT2D eigenvalue weighted by molar-refractivity contribution is -0.143. The highest BCUT2D eigenvalue weighted by Gasteiger charge is 2.32. The first-order chi connectivity index (χ1) is 13.0. The SMILES string of the molecule is COc1cc(Br)c(C(c2ccccn2)N2CCC(C(=O)O)CC2)cc1OC. The average Bonchev–Trinajstić information content (AvgIpc) is 2.70. The highest BCUT2D eigenvalue weighted by Crippen LogP contribution is 2.41. The van der Waals surface area contributed by atoms with Crippen molar-refractivity contribution in [3.8, 4) is 11.5 Å². The molecule has 2 aromatic rings. The molecule has 1 unspecified atom stereocenters. The van der Waals surface area contributed by atoms with Crippen molar-refractivity contribution >= 4 is 21.9 Å². The Labute approximate surface area is 167 Å². The molecule has 1 saturated heterocycles. The third kappa shape index (κ3) is 4.25. The second kappa shape index (κ2) is 8.71. The molecular weight excluding hydrogens is 412 g/mol. The quantitative estimate of drug-likeness (QED) is 0.746. The van der Waals surface area contributed by atoms with E-state index in [-0.39, 0.29) is 12.0 Å². The van der Waals surface area contributed by atoms with Crippen molar-refractivity contribution in [2.45, 2.75) is 18.9 Å². The van der Waals surface area contributed by atoms with E-state index < -0.39 is 5.97 Å². The number of methoxy groups -OCH3 is 2. The van der Waals surface area contributed by atoms with Crippen molar-refractivity contribution < 1.29 is 19.4 Å². The summed E-state index contributed by atoms with van der Waals surface area (Å²) >= 11 is 3.67. The van der Waals surface area contributed by atoms with Crippen molar-refractivity contribution in [3.05, 3.63) is 52.3 Å². The molecule has 1 atom stereocenters. The molecule has 0 amide bonds.